The van der Waals surface area contributed by atoms with Gasteiger partial charge in [-0.2, -0.15) is 0 Å². The summed E-state index contributed by atoms with van der Waals surface area (Å²) in [6.45, 7) is 13.7. The van der Waals surface area contributed by atoms with Crippen LogP contribution < -0.4 is 4.72 Å². The minimum atomic E-state index is -1.39. The third kappa shape index (κ3) is 6.10. The number of carbonyl (C=O) groups excluding carboxylic acids is 1. The Labute approximate surface area is 180 Å². The molecule has 0 fully saturated rings. The molecule has 1 N–H and O–H groups in total. The van der Waals surface area contributed by atoms with E-state index in [0.717, 1.165) is 16.5 Å². The number of nitrogens with one attached hydrogen (secondary N) is 1. The molecule has 1 aromatic carbocycles. The van der Waals surface area contributed by atoms with Gasteiger partial charge in [-0.05, 0) is 74.2 Å². The Morgan fingerprint density at radius 3 is 2.37 bits per heavy atom. The molecule has 0 aliphatic heterocycles. The van der Waals surface area contributed by atoms with Crippen molar-refractivity contribution < 1.29 is 14.1 Å². The van der Waals surface area contributed by atoms with E-state index < -0.39 is 27.6 Å². The highest BCUT2D eigenvalue weighted by molar-refractivity contribution is 9.10. The van der Waals surface area contributed by atoms with Crippen molar-refractivity contribution in [3.8, 4) is 0 Å². The second kappa shape index (κ2) is 9.97. The lowest BCUT2D eigenvalue weighted by molar-refractivity contribution is -0.153. The summed E-state index contributed by atoms with van der Waals surface area (Å²) < 4.78 is 21.9. The molecule has 0 saturated carbocycles. The molecule has 1 aromatic rings. The predicted molar refractivity (Wildman–Crippen MR) is 117 cm³/mol. The fraction of sp³-hybridized carbons (Fsp3) is 0.650. The van der Waals surface area contributed by atoms with Crippen LogP contribution in [0.5, 0.6) is 0 Å². The monoisotopic (exact) mass is 479 g/mol. The smallest absolute Gasteiger partial charge is 0.311 e. The fourth-order valence-corrected chi connectivity index (χ4v) is 4.33. The van der Waals surface area contributed by atoms with E-state index in [2.05, 4.69) is 20.7 Å². The minimum absolute atomic E-state index is 0.0148. The normalized spacial score (nSPS) is 17.7. The summed E-state index contributed by atoms with van der Waals surface area (Å²) in [6, 6.07) is 5.56. The number of hydrogen-bond acceptors (Lipinski definition) is 4. The molecule has 4 atom stereocenters. The van der Waals surface area contributed by atoms with Gasteiger partial charge in [-0.1, -0.05) is 37.9 Å². The molecule has 0 saturated heterocycles. The third-order valence-electron chi connectivity index (χ3n) is 4.76. The maximum atomic E-state index is 13.0. The van der Waals surface area contributed by atoms with Crippen LogP contribution in [0, 0.1) is 11.8 Å². The molecule has 0 aromatic heterocycles. The molecule has 4 unspecified atom stereocenters. The Kier molecular flexibility index (Phi) is 9.14. The Bertz CT molecular complexity index is 653. The Hall–Kier alpha value is -0.270. The summed E-state index contributed by atoms with van der Waals surface area (Å²) in [7, 11) is 0. The van der Waals surface area contributed by atoms with Crippen molar-refractivity contribution in [2.75, 3.05) is 6.61 Å². The highest BCUT2D eigenvalue weighted by Gasteiger charge is 2.49. The Balaban J connectivity index is 3.57. The van der Waals surface area contributed by atoms with Gasteiger partial charge >= 0.3 is 5.97 Å². The topological polar surface area (TPSA) is 61.4 Å². The van der Waals surface area contributed by atoms with E-state index in [9.17, 15) is 9.35 Å². The van der Waals surface area contributed by atoms with Crippen LogP contribution in [0.25, 0.3) is 0 Å². The molecular weight excluding hydrogens is 450 g/mol. The molecule has 7 heteroatoms. The first-order chi connectivity index (χ1) is 12.4. The van der Waals surface area contributed by atoms with Crippen LogP contribution in [0.1, 0.15) is 60.5 Å². The van der Waals surface area contributed by atoms with Gasteiger partial charge in [-0.25, -0.2) is 0 Å². The lowest BCUT2D eigenvalue weighted by atomic mass is 9.73. The van der Waals surface area contributed by atoms with E-state index in [0.29, 0.717) is 11.6 Å². The highest BCUT2D eigenvalue weighted by Crippen LogP contribution is 2.40. The van der Waals surface area contributed by atoms with Gasteiger partial charge in [0.1, 0.15) is 4.75 Å². The number of rotatable bonds is 8. The van der Waals surface area contributed by atoms with Gasteiger partial charge in [-0.3, -0.25) is 4.79 Å². The summed E-state index contributed by atoms with van der Waals surface area (Å²) in [5, 5.41) is 0.536. The van der Waals surface area contributed by atoms with Crippen molar-refractivity contribution in [2.24, 2.45) is 11.8 Å². The molecular formula is C20H31BrClNO3S. The van der Waals surface area contributed by atoms with Crippen LogP contribution in [-0.2, 0) is 26.4 Å². The molecule has 1 rings (SSSR count). The second-order valence-electron chi connectivity index (χ2n) is 7.93. The maximum absolute atomic E-state index is 13.0. The van der Waals surface area contributed by atoms with Crippen LogP contribution in [0.3, 0.4) is 0 Å². The number of esters is 1. The van der Waals surface area contributed by atoms with Crippen LogP contribution in [0.15, 0.2) is 22.7 Å². The van der Waals surface area contributed by atoms with Gasteiger partial charge in [0.05, 0.1) is 23.1 Å². The second-order valence-corrected chi connectivity index (χ2v) is 11.2. The van der Waals surface area contributed by atoms with Crippen molar-refractivity contribution in [2.45, 2.75) is 65.2 Å². The third-order valence-corrected chi connectivity index (χ3v) is 7.71. The molecule has 0 aliphatic rings. The number of hydrogen-bond donors (Lipinski definition) is 1. The quantitative estimate of drug-likeness (QED) is 0.389. The maximum Gasteiger partial charge on any atom is 0.311 e. The zero-order chi connectivity index (χ0) is 21.0. The van der Waals surface area contributed by atoms with Gasteiger partial charge in [0, 0.05) is 15.8 Å². The average molecular weight is 481 g/mol. The molecule has 154 valence electrons. The standard InChI is InChI=1S/C20H31BrClNO3S/c1-8-13(3)17(18(24)26-9-2)20(7,23-27(25)19(4,5)6)14-10-11-15(21)16(22)12-14/h10-13,17,23H,8-9H2,1-7H3. The lowest BCUT2D eigenvalue weighted by Crippen LogP contribution is -2.57. The molecule has 0 aliphatic carbocycles. The number of carbonyl (C=O) groups is 1. The zero-order valence-corrected chi connectivity index (χ0v) is 20.3. The first kappa shape index (κ1) is 24.8. The molecule has 0 amide bonds. The van der Waals surface area contributed by atoms with E-state index in [1.54, 1.807) is 6.92 Å². The summed E-state index contributed by atoms with van der Waals surface area (Å²) in [4.78, 5) is 12.9. The SMILES string of the molecule is CCOC(=O)C(C(C)CC)C(C)(N[S+]([O-])C(C)(C)C)c1ccc(Br)c(Cl)c1. The average Bonchev–Trinajstić information content (AvgIpc) is 2.56. The first-order valence-corrected chi connectivity index (χ1v) is 11.5. The van der Waals surface area contributed by atoms with E-state index >= 15 is 0 Å². The van der Waals surface area contributed by atoms with Crippen molar-refractivity contribution in [1.29, 1.82) is 0 Å². The number of halogens is 2. The summed E-state index contributed by atoms with van der Waals surface area (Å²) in [5.74, 6) is -0.807. The van der Waals surface area contributed by atoms with Crippen molar-refractivity contribution >= 4 is 44.9 Å². The predicted octanol–water partition coefficient (Wildman–Crippen LogP) is 5.59. The van der Waals surface area contributed by atoms with Crippen LogP contribution in [0.2, 0.25) is 5.02 Å². The van der Waals surface area contributed by atoms with E-state index in [1.807, 2.05) is 59.7 Å². The van der Waals surface area contributed by atoms with Crippen LogP contribution in [0.4, 0.5) is 0 Å². The van der Waals surface area contributed by atoms with E-state index in [4.69, 9.17) is 16.3 Å². The van der Waals surface area contributed by atoms with E-state index in [1.165, 1.54) is 0 Å². The van der Waals surface area contributed by atoms with Gasteiger partial charge in [-0.15, -0.1) is 4.72 Å². The van der Waals surface area contributed by atoms with Gasteiger partial charge in [0.2, 0.25) is 0 Å². The van der Waals surface area contributed by atoms with Crippen LogP contribution in [-0.4, -0.2) is 21.9 Å². The zero-order valence-electron chi connectivity index (χ0n) is 17.2. The summed E-state index contributed by atoms with van der Waals surface area (Å²) in [6.07, 6.45) is 0.785. The molecule has 27 heavy (non-hydrogen) atoms. The largest absolute Gasteiger partial charge is 0.598 e. The molecule has 0 spiro atoms. The summed E-state index contributed by atoms with van der Waals surface area (Å²) >= 11 is 8.36. The number of benzene rings is 1. The summed E-state index contributed by atoms with van der Waals surface area (Å²) in [5.41, 5.74) is -0.115. The highest BCUT2D eigenvalue weighted by atomic mass is 79.9. The fourth-order valence-electron chi connectivity index (χ4n) is 2.97. The minimum Gasteiger partial charge on any atom is -0.598 e. The van der Waals surface area contributed by atoms with Gasteiger partial charge in [0.25, 0.3) is 0 Å². The van der Waals surface area contributed by atoms with Crippen molar-refractivity contribution in [1.82, 2.24) is 4.72 Å². The lowest BCUT2D eigenvalue weighted by Gasteiger charge is -2.41. The Morgan fingerprint density at radius 2 is 1.93 bits per heavy atom. The Morgan fingerprint density at radius 1 is 1.33 bits per heavy atom. The molecule has 4 nitrogen and oxygen atoms in total. The molecule has 0 heterocycles. The van der Waals surface area contributed by atoms with Crippen LogP contribution >= 0.6 is 27.5 Å². The molecule has 0 bridgehead atoms. The van der Waals surface area contributed by atoms with Gasteiger partial charge < -0.3 is 9.29 Å². The first-order valence-electron chi connectivity index (χ1n) is 9.20. The van der Waals surface area contributed by atoms with Crippen molar-refractivity contribution in [3.05, 3.63) is 33.3 Å². The van der Waals surface area contributed by atoms with E-state index in [-0.39, 0.29) is 11.9 Å². The van der Waals surface area contributed by atoms with Gasteiger partial charge in [0.15, 0.2) is 0 Å². The number of ether oxygens (including phenoxy) is 1. The van der Waals surface area contributed by atoms with Crippen molar-refractivity contribution in [3.63, 3.8) is 0 Å². The molecule has 0 radical (unpaired) electrons.